The first-order chi connectivity index (χ1) is 7.42. The summed E-state index contributed by atoms with van der Waals surface area (Å²) in [4.78, 5) is 22.5. The third-order valence-corrected chi connectivity index (χ3v) is 3.59. The number of carboxylic acid groups (broad SMARTS) is 1. The fourth-order valence-electron chi connectivity index (χ4n) is 1.84. The SMILES string of the molecule is CCC1(NC(=O)C(C)=C(C)C(=O)O)CCC1. The van der Waals surface area contributed by atoms with Gasteiger partial charge in [-0.25, -0.2) is 4.79 Å². The van der Waals surface area contributed by atoms with Gasteiger partial charge in [0.25, 0.3) is 0 Å². The largest absolute Gasteiger partial charge is 0.478 e. The summed E-state index contributed by atoms with van der Waals surface area (Å²) in [7, 11) is 0. The maximum Gasteiger partial charge on any atom is 0.331 e. The molecule has 4 heteroatoms. The van der Waals surface area contributed by atoms with E-state index in [0.29, 0.717) is 5.57 Å². The average molecular weight is 225 g/mol. The summed E-state index contributed by atoms with van der Waals surface area (Å²) in [5.41, 5.74) is 0.326. The molecule has 0 atom stereocenters. The Hall–Kier alpha value is -1.32. The summed E-state index contributed by atoms with van der Waals surface area (Å²) >= 11 is 0. The zero-order valence-electron chi connectivity index (χ0n) is 10.1. The van der Waals surface area contributed by atoms with Crippen molar-refractivity contribution in [1.82, 2.24) is 5.32 Å². The molecule has 90 valence electrons. The van der Waals surface area contributed by atoms with Gasteiger partial charge in [-0.2, -0.15) is 0 Å². The van der Waals surface area contributed by atoms with E-state index in [4.69, 9.17) is 5.11 Å². The average Bonchev–Trinajstić information content (AvgIpc) is 2.20. The second kappa shape index (κ2) is 4.68. The van der Waals surface area contributed by atoms with E-state index >= 15 is 0 Å². The smallest absolute Gasteiger partial charge is 0.331 e. The summed E-state index contributed by atoms with van der Waals surface area (Å²) < 4.78 is 0. The van der Waals surface area contributed by atoms with Crippen LogP contribution in [0.5, 0.6) is 0 Å². The highest BCUT2D eigenvalue weighted by molar-refractivity contribution is 6.01. The minimum Gasteiger partial charge on any atom is -0.478 e. The van der Waals surface area contributed by atoms with Crippen LogP contribution in [0.1, 0.15) is 46.5 Å². The highest BCUT2D eigenvalue weighted by atomic mass is 16.4. The van der Waals surface area contributed by atoms with Crippen LogP contribution in [0.25, 0.3) is 0 Å². The molecule has 0 aromatic heterocycles. The second-order valence-electron chi connectivity index (χ2n) is 4.50. The van der Waals surface area contributed by atoms with Crippen LogP contribution in [0.15, 0.2) is 11.1 Å². The lowest BCUT2D eigenvalue weighted by molar-refractivity contribution is -0.133. The summed E-state index contributed by atoms with van der Waals surface area (Å²) in [6.07, 6.45) is 4.02. The van der Waals surface area contributed by atoms with Crippen molar-refractivity contribution in [2.24, 2.45) is 0 Å². The lowest BCUT2D eigenvalue weighted by Crippen LogP contribution is -2.53. The molecule has 1 fully saturated rings. The first-order valence-corrected chi connectivity index (χ1v) is 5.65. The van der Waals surface area contributed by atoms with Crippen LogP contribution < -0.4 is 5.32 Å². The van der Waals surface area contributed by atoms with Crippen LogP contribution in [0.3, 0.4) is 0 Å². The van der Waals surface area contributed by atoms with Crippen molar-refractivity contribution < 1.29 is 14.7 Å². The van der Waals surface area contributed by atoms with Crippen molar-refractivity contribution in [2.45, 2.75) is 52.0 Å². The maximum absolute atomic E-state index is 11.8. The van der Waals surface area contributed by atoms with Gasteiger partial charge in [0.2, 0.25) is 5.91 Å². The van der Waals surface area contributed by atoms with Crippen LogP contribution in [0, 0.1) is 0 Å². The van der Waals surface area contributed by atoms with E-state index in [1.54, 1.807) is 6.92 Å². The van der Waals surface area contributed by atoms with Gasteiger partial charge in [-0.05, 0) is 39.5 Å². The second-order valence-corrected chi connectivity index (χ2v) is 4.50. The van der Waals surface area contributed by atoms with Crippen LogP contribution in [0.2, 0.25) is 0 Å². The van der Waals surface area contributed by atoms with Gasteiger partial charge in [0, 0.05) is 16.7 Å². The molecule has 0 spiro atoms. The monoisotopic (exact) mass is 225 g/mol. The Morgan fingerprint density at radius 1 is 1.25 bits per heavy atom. The van der Waals surface area contributed by atoms with Gasteiger partial charge in [-0.3, -0.25) is 4.79 Å². The van der Waals surface area contributed by atoms with Crippen molar-refractivity contribution in [3.05, 3.63) is 11.1 Å². The van der Waals surface area contributed by atoms with Crippen LogP contribution in [-0.2, 0) is 9.59 Å². The van der Waals surface area contributed by atoms with Gasteiger partial charge in [0.1, 0.15) is 0 Å². The number of hydrogen-bond donors (Lipinski definition) is 2. The molecule has 4 nitrogen and oxygen atoms in total. The molecule has 0 aliphatic heterocycles. The van der Waals surface area contributed by atoms with E-state index in [2.05, 4.69) is 5.32 Å². The first-order valence-electron chi connectivity index (χ1n) is 5.65. The fraction of sp³-hybridized carbons (Fsp3) is 0.667. The number of nitrogens with one attached hydrogen (secondary N) is 1. The molecule has 2 N–H and O–H groups in total. The molecule has 0 saturated heterocycles. The number of carbonyl (C=O) groups is 2. The lowest BCUT2D eigenvalue weighted by atomic mass is 9.74. The van der Waals surface area contributed by atoms with Crippen LogP contribution in [-0.4, -0.2) is 22.5 Å². The van der Waals surface area contributed by atoms with Gasteiger partial charge in [-0.15, -0.1) is 0 Å². The maximum atomic E-state index is 11.8. The quantitative estimate of drug-likeness (QED) is 0.718. The van der Waals surface area contributed by atoms with Crippen molar-refractivity contribution >= 4 is 11.9 Å². The van der Waals surface area contributed by atoms with E-state index in [1.807, 2.05) is 6.92 Å². The minimum atomic E-state index is -1.04. The number of rotatable bonds is 4. The molecular formula is C12H19NO3. The summed E-state index contributed by atoms with van der Waals surface area (Å²) in [6.45, 7) is 5.06. The molecule has 0 unspecified atom stereocenters. The van der Waals surface area contributed by atoms with E-state index in [9.17, 15) is 9.59 Å². The molecule has 1 rings (SSSR count). The van der Waals surface area contributed by atoms with Gasteiger partial charge in [0.15, 0.2) is 0 Å². The number of carboxylic acids is 1. The topological polar surface area (TPSA) is 66.4 Å². The van der Waals surface area contributed by atoms with Crippen molar-refractivity contribution in [3.8, 4) is 0 Å². The molecule has 0 aromatic carbocycles. The molecule has 0 bridgehead atoms. The number of amides is 1. The molecule has 0 aromatic rings. The van der Waals surface area contributed by atoms with Gasteiger partial charge >= 0.3 is 5.97 Å². The van der Waals surface area contributed by atoms with Crippen molar-refractivity contribution in [3.63, 3.8) is 0 Å². The molecule has 16 heavy (non-hydrogen) atoms. The minimum absolute atomic E-state index is 0.0862. The normalized spacial score (nSPS) is 19.4. The van der Waals surface area contributed by atoms with Gasteiger partial charge in [-0.1, -0.05) is 6.92 Å². The zero-order valence-corrected chi connectivity index (χ0v) is 10.1. The first kappa shape index (κ1) is 12.7. The Morgan fingerprint density at radius 3 is 2.12 bits per heavy atom. The van der Waals surface area contributed by atoms with E-state index in [0.717, 1.165) is 25.7 Å². The van der Waals surface area contributed by atoms with E-state index in [-0.39, 0.29) is 17.0 Å². The molecule has 1 aliphatic carbocycles. The predicted molar refractivity (Wildman–Crippen MR) is 61.0 cm³/mol. The predicted octanol–water partition coefficient (Wildman–Crippen LogP) is 1.86. The standard InChI is InChI=1S/C12H19NO3/c1-4-12(6-5-7-12)13-10(14)8(2)9(3)11(15)16/h4-7H2,1-3H3,(H,13,14)(H,15,16). The molecule has 0 radical (unpaired) electrons. The Balaban J connectivity index is 2.72. The van der Waals surface area contributed by atoms with Crippen LogP contribution in [0.4, 0.5) is 0 Å². The van der Waals surface area contributed by atoms with Crippen molar-refractivity contribution in [2.75, 3.05) is 0 Å². The van der Waals surface area contributed by atoms with E-state index < -0.39 is 5.97 Å². The lowest BCUT2D eigenvalue weighted by Gasteiger charge is -2.42. The summed E-state index contributed by atoms with van der Waals surface area (Å²) in [5.74, 6) is -1.28. The molecule has 1 aliphatic rings. The fourth-order valence-corrected chi connectivity index (χ4v) is 1.84. The van der Waals surface area contributed by atoms with Crippen molar-refractivity contribution in [1.29, 1.82) is 0 Å². The summed E-state index contributed by atoms with van der Waals surface area (Å²) in [5, 5.41) is 11.7. The molecule has 1 saturated carbocycles. The van der Waals surface area contributed by atoms with E-state index in [1.165, 1.54) is 6.92 Å². The number of carbonyl (C=O) groups excluding carboxylic acids is 1. The third-order valence-electron chi connectivity index (χ3n) is 3.59. The van der Waals surface area contributed by atoms with Gasteiger partial charge in [0.05, 0.1) is 0 Å². The Kier molecular flexibility index (Phi) is 3.73. The Bertz CT molecular complexity index is 335. The zero-order chi connectivity index (χ0) is 12.3. The third kappa shape index (κ3) is 2.43. The molecule has 1 amide bonds. The number of aliphatic carboxylic acids is 1. The Labute approximate surface area is 95.7 Å². The highest BCUT2D eigenvalue weighted by Crippen LogP contribution is 2.34. The summed E-state index contributed by atoms with van der Waals surface area (Å²) in [6, 6.07) is 0. The molecule has 0 heterocycles. The van der Waals surface area contributed by atoms with Crippen LogP contribution >= 0.6 is 0 Å². The Morgan fingerprint density at radius 2 is 1.81 bits per heavy atom. The van der Waals surface area contributed by atoms with Gasteiger partial charge < -0.3 is 10.4 Å². The number of hydrogen-bond acceptors (Lipinski definition) is 2. The highest BCUT2D eigenvalue weighted by Gasteiger charge is 2.36. The molecular weight excluding hydrogens is 206 g/mol.